The molecule has 4 nitrogen and oxygen atoms in total. The standard InChI is InChI=1S/C12H13Cl2NO3/c1-7(2)11(12(17)18)15(6-16)9-5-3-4-8(13)10(9)14/h3-7,11H,1-2H3,(H,17,18). The minimum Gasteiger partial charge on any atom is -0.480 e. The summed E-state index contributed by atoms with van der Waals surface area (Å²) in [5, 5.41) is 9.63. The molecule has 1 atom stereocenters. The summed E-state index contributed by atoms with van der Waals surface area (Å²) in [6, 6.07) is 3.75. The number of carbonyl (C=O) groups is 2. The van der Waals surface area contributed by atoms with Crippen LogP contribution in [0.5, 0.6) is 0 Å². The van der Waals surface area contributed by atoms with Gasteiger partial charge < -0.3 is 5.11 Å². The number of amides is 1. The highest BCUT2D eigenvalue weighted by Gasteiger charge is 2.30. The van der Waals surface area contributed by atoms with Gasteiger partial charge in [0.2, 0.25) is 6.41 Å². The Morgan fingerprint density at radius 3 is 2.44 bits per heavy atom. The number of carboxylic acid groups (broad SMARTS) is 1. The van der Waals surface area contributed by atoms with Crippen LogP contribution in [0.4, 0.5) is 5.69 Å². The molecule has 0 radical (unpaired) electrons. The normalized spacial score (nSPS) is 12.3. The largest absolute Gasteiger partial charge is 0.480 e. The summed E-state index contributed by atoms with van der Waals surface area (Å²) < 4.78 is 0. The number of benzene rings is 1. The van der Waals surface area contributed by atoms with Crippen LogP contribution in [0.3, 0.4) is 0 Å². The van der Waals surface area contributed by atoms with Gasteiger partial charge in [-0.3, -0.25) is 9.69 Å². The number of hydrogen-bond donors (Lipinski definition) is 1. The first-order valence-electron chi connectivity index (χ1n) is 5.30. The molecule has 0 bridgehead atoms. The summed E-state index contributed by atoms with van der Waals surface area (Å²) >= 11 is 11.9. The highest BCUT2D eigenvalue weighted by atomic mass is 35.5. The molecule has 1 unspecified atom stereocenters. The predicted octanol–water partition coefficient (Wildman–Crippen LogP) is 3.07. The Kier molecular flexibility index (Phi) is 4.99. The van der Waals surface area contributed by atoms with Crippen molar-refractivity contribution in [2.45, 2.75) is 19.9 Å². The molecule has 0 saturated carbocycles. The van der Waals surface area contributed by atoms with E-state index in [0.29, 0.717) is 12.1 Å². The molecule has 1 N–H and O–H groups in total. The molecular formula is C12H13Cl2NO3. The van der Waals surface area contributed by atoms with Gasteiger partial charge in [0.25, 0.3) is 0 Å². The van der Waals surface area contributed by atoms with Gasteiger partial charge >= 0.3 is 5.97 Å². The van der Waals surface area contributed by atoms with Gasteiger partial charge in [-0.25, -0.2) is 4.79 Å². The third-order valence-corrected chi connectivity index (χ3v) is 3.32. The molecule has 0 aliphatic rings. The molecule has 0 spiro atoms. The van der Waals surface area contributed by atoms with E-state index in [1.807, 2.05) is 0 Å². The van der Waals surface area contributed by atoms with Gasteiger partial charge in [-0.15, -0.1) is 0 Å². The predicted molar refractivity (Wildman–Crippen MR) is 71.3 cm³/mol. The van der Waals surface area contributed by atoms with Crippen LogP contribution >= 0.6 is 23.2 Å². The zero-order valence-corrected chi connectivity index (χ0v) is 11.4. The maximum Gasteiger partial charge on any atom is 0.327 e. The topological polar surface area (TPSA) is 57.6 Å². The van der Waals surface area contributed by atoms with Crippen molar-refractivity contribution in [3.8, 4) is 0 Å². The lowest BCUT2D eigenvalue weighted by atomic mass is 10.0. The van der Waals surface area contributed by atoms with E-state index in [2.05, 4.69) is 0 Å². The van der Waals surface area contributed by atoms with Crippen LogP contribution < -0.4 is 4.90 Å². The van der Waals surface area contributed by atoms with Gasteiger partial charge in [0.05, 0.1) is 15.7 Å². The van der Waals surface area contributed by atoms with Gasteiger partial charge in [0.15, 0.2) is 0 Å². The van der Waals surface area contributed by atoms with E-state index >= 15 is 0 Å². The SMILES string of the molecule is CC(C)C(C(=O)O)N(C=O)c1cccc(Cl)c1Cl. The summed E-state index contributed by atoms with van der Waals surface area (Å²) in [6.45, 7) is 3.43. The zero-order chi connectivity index (χ0) is 13.9. The Hall–Kier alpha value is -1.26. The van der Waals surface area contributed by atoms with E-state index < -0.39 is 12.0 Å². The molecule has 0 heterocycles. The number of carboxylic acids is 1. The van der Waals surface area contributed by atoms with E-state index in [1.165, 1.54) is 0 Å². The van der Waals surface area contributed by atoms with Gasteiger partial charge in [-0.05, 0) is 18.1 Å². The minimum absolute atomic E-state index is 0.165. The molecule has 18 heavy (non-hydrogen) atoms. The van der Waals surface area contributed by atoms with E-state index in [0.717, 1.165) is 4.90 Å². The third kappa shape index (κ3) is 2.94. The molecule has 98 valence electrons. The van der Waals surface area contributed by atoms with Crippen LogP contribution in [-0.4, -0.2) is 23.5 Å². The van der Waals surface area contributed by atoms with Gasteiger partial charge in [-0.1, -0.05) is 43.1 Å². The fourth-order valence-corrected chi connectivity index (χ4v) is 2.08. The molecule has 1 aromatic rings. The van der Waals surface area contributed by atoms with Crippen molar-refractivity contribution in [3.63, 3.8) is 0 Å². The molecule has 1 amide bonds. The Balaban J connectivity index is 3.28. The molecule has 1 aromatic carbocycles. The fourth-order valence-electron chi connectivity index (χ4n) is 1.69. The van der Waals surface area contributed by atoms with Crippen LogP contribution in [0.2, 0.25) is 10.0 Å². The maximum absolute atomic E-state index is 11.2. The van der Waals surface area contributed by atoms with Crippen molar-refractivity contribution >= 4 is 41.3 Å². The summed E-state index contributed by atoms with van der Waals surface area (Å²) in [6.07, 6.45) is 0.455. The number of nitrogens with zero attached hydrogens (tertiary/aromatic N) is 1. The van der Waals surface area contributed by atoms with Crippen molar-refractivity contribution in [1.82, 2.24) is 0 Å². The van der Waals surface area contributed by atoms with Crippen molar-refractivity contribution in [2.24, 2.45) is 5.92 Å². The molecular weight excluding hydrogens is 277 g/mol. The molecule has 6 heteroatoms. The molecule has 0 fully saturated rings. The number of aliphatic carboxylic acids is 1. The van der Waals surface area contributed by atoms with E-state index in [9.17, 15) is 14.7 Å². The fraction of sp³-hybridized carbons (Fsp3) is 0.333. The third-order valence-electron chi connectivity index (χ3n) is 2.51. The maximum atomic E-state index is 11.2. The monoisotopic (exact) mass is 289 g/mol. The summed E-state index contributed by atoms with van der Waals surface area (Å²) in [5.41, 5.74) is 0.292. The van der Waals surface area contributed by atoms with Gasteiger partial charge in [-0.2, -0.15) is 0 Å². The quantitative estimate of drug-likeness (QED) is 0.848. The van der Waals surface area contributed by atoms with Crippen LogP contribution in [0.25, 0.3) is 0 Å². The Morgan fingerprint density at radius 1 is 1.39 bits per heavy atom. The highest BCUT2D eigenvalue weighted by Crippen LogP contribution is 2.33. The van der Waals surface area contributed by atoms with E-state index in [1.54, 1.807) is 32.0 Å². The lowest BCUT2D eigenvalue weighted by Crippen LogP contribution is -2.44. The molecule has 0 aliphatic heterocycles. The number of halogens is 2. The van der Waals surface area contributed by atoms with Crippen molar-refractivity contribution in [3.05, 3.63) is 28.2 Å². The molecule has 0 aliphatic carbocycles. The zero-order valence-electron chi connectivity index (χ0n) is 9.93. The lowest BCUT2D eigenvalue weighted by Gasteiger charge is -2.28. The lowest BCUT2D eigenvalue weighted by molar-refractivity contribution is -0.140. The Bertz CT molecular complexity index is 463. The van der Waals surface area contributed by atoms with Crippen LogP contribution in [0.15, 0.2) is 18.2 Å². The van der Waals surface area contributed by atoms with Crippen molar-refractivity contribution in [2.75, 3.05) is 4.90 Å². The highest BCUT2D eigenvalue weighted by molar-refractivity contribution is 6.44. The second kappa shape index (κ2) is 6.07. The van der Waals surface area contributed by atoms with E-state index in [4.69, 9.17) is 23.2 Å². The smallest absolute Gasteiger partial charge is 0.327 e. The number of anilines is 1. The van der Waals surface area contributed by atoms with Crippen LogP contribution in [0, 0.1) is 5.92 Å². The van der Waals surface area contributed by atoms with E-state index in [-0.39, 0.29) is 16.0 Å². The molecule has 1 rings (SSSR count). The molecule has 0 aromatic heterocycles. The second-order valence-electron chi connectivity index (χ2n) is 4.11. The van der Waals surface area contributed by atoms with Gasteiger partial charge in [0.1, 0.15) is 6.04 Å². The minimum atomic E-state index is -1.09. The number of carbonyl (C=O) groups excluding carboxylic acids is 1. The Labute approximate surface area is 115 Å². The summed E-state index contributed by atoms with van der Waals surface area (Å²) in [7, 11) is 0. The molecule has 0 saturated heterocycles. The van der Waals surface area contributed by atoms with Crippen LogP contribution in [-0.2, 0) is 9.59 Å². The summed E-state index contributed by atoms with van der Waals surface area (Å²) in [5.74, 6) is -1.35. The van der Waals surface area contributed by atoms with Crippen molar-refractivity contribution < 1.29 is 14.7 Å². The first-order valence-corrected chi connectivity index (χ1v) is 6.06. The number of hydrogen-bond acceptors (Lipinski definition) is 2. The first kappa shape index (κ1) is 14.8. The Morgan fingerprint density at radius 2 is 2.00 bits per heavy atom. The average molecular weight is 290 g/mol. The number of rotatable bonds is 5. The van der Waals surface area contributed by atoms with Gasteiger partial charge in [0, 0.05) is 0 Å². The average Bonchev–Trinajstić information content (AvgIpc) is 2.28. The second-order valence-corrected chi connectivity index (χ2v) is 4.90. The first-order chi connectivity index (χ1) is 8.40. The summed E-state index contributed by atoms with van der Waals surface area (Å²) in [4.78, 5) is 23.5. The van der Waals surface area contributed by atoms with Crippen molar-refractivity contribution in [1.29, 1.82) is 0 Å². The van der Waals surface area contributed by atoms with Crippen LogP contribution in [0.1, 0.15) is 13.8 Å².